The molecule has 0 aliphatic carbocycles. The molecule has 2 N–H and O–H groups in total. The Balaban J connectivity index is 3.27. The van der Waals surface area contributed by atoms with Crippen LogP contribution in [0.25, 0.3) is 0 Å². The van der Waals surface area contributed by atoms with Crippen LogP contribution in [0, 0.1) is 0 Å². The summed E-state index contributed by atoms with van der Waals surface area (Å²) in [5.74, 6) is -1.30. The van der Waals surface area contributed by atoms with Crippen molar-refractivity contribution in [1.29, 1.82) is 0 Å². The molecule has 0 amide bonds. The first-order valence-corrected chi connectivity index (χ1v) is 4.58. The van der Waals surface area contributed by atoms with Crippen molar-refractivity contribution in [3.8, 4) is 0 Å². The predicted octanol–water partition coefficient (Wildman–Crippen LogP) is 0.555. The molecule has 0 aromatic rings. The van der Waals surface area contributed by atoms with Crippen LogP contribution in [0.1, 0.15) is 32.6 Å². The number of carboxylic acids is 1. The van der Waals surface area contributed by atoms with Crippen molar-refractivity contribution in [2.24, 2.45) is 0 Å². The lowest BCUT2D eigenvalue weighted by atomic mass is 10.2. The maximum Gasteiger partial charge on any atom is 0.308 e. The van der Waals surface area contributed by atoms with E-state index in [9.17, 15) is 9.59 Å². The van der Waals surface area contributed by atoms with Gasteiger partial charge in [-0.15, -0.1) is 0 Å². The van der Waals surface area contributed by atoms with Crippen LogP contribution in [0.5, 0.6) is 0 Å². The number of unbranched alkanes of at least 4 members (excludes halogenated alkanes) is 1. The molecule has 0 saturated carbocycles. The topological polar surface area (TPSA) is 83.8 Å². The minimum Gasteiger partial charge on any atom is -0.481 e. The van der Waals surface area contributed by atoms with Gasteiger partial charge in [0.15, 0.2) is 0 Å². The average Bonchev–Trinajstić information content (AvgIpc) is 2.01. The molecule has 0 aromatic carbocycles. The van der Waals surface area contributed by atoms with Crippen molar-refractivity contribution < 1.29 is 24.5 Å². The molecule has 0 aromatic heterocycles. The van der Waals surface area contributed by atoms with E-state index >= 15 is 0 Å². The summed E-state index contributed by atoms with van der Waals surface area (Å²) in [5, 5.41) is 17.1. The standard InChI is InChI=1S/C9H16O5/c1-7(10)6-9(13)14-5-3-2-4-8(11)12/h7,10H,2-6H2,1H3,(H,11,12). The summed E-state index contributed by atoms with van der Waals surface area (Å²) in [5.41, 5.74) is 0. The van der Waals surface area contributed by atoms with Crippen LogP contribution < -0.4 is 0 Å². The molecule has 0 spiro atoms. The molecule has 0 aliphatic rings. The van der Waals surface area contributed by atoms with Gasteiger partial charge in [-0.25, -0.2) is 0 Å². The van der Waals surface area contributed by atoms with Crippen molar-refractivity contribution in [3.05, 3.63) is 0 Å². The lowest BCUT2D eigenvalue weighted by Gasteiger charge is -2.05. The smallest absolute Gasteiger partial charge is 0.308 e. The second-order valence-corrected chi connectivity index (χ2v) is 3.12. The zero-order valence-corrected chi connectivity index (χ0v) is 8.23. The molecule has 5 nitrogen and oxygen atoms in total. The van der Waals surface area contributed by atoms with Gasteiger partial charge in [-0.05, 0) is 19.8 Å². The molecule has 0 heterocycles. The van der Waals surface area contributed by atoms with E-state index in [0.717, 1.165) is 0 Å². The highest BCUT2D eigenvalue weighted by Crippen LogP contribution is 1.98. The van der Waals surface area contributed by atoms with E-state index in [1.165, 1.54) is 6.92 Å². The van der Waals surface area contributed by atoms with Crippen molar-refractivity contribution in [1.82, 2.24) is 0 Å². The van der Waals surface area contributed by atoms with Gasteiger partial charge < -0.3 is 14.9 Å². The second kappa shape index (κ2) is 7.32. The van der Waals surface area contributed by atoms with Crippen molar-refractivity contribution in [3.63, 3.8) is 0 Å². The fourth-order valence-corrected chi connectivity index (χ4v) is 0.864. The van der Waals surface area contributed by atoms with Crippen molar-refractivity contribution >= 4 is 11.9 Å². The number of ether oxygens (including phenoxy) is 1. The van der Waals surface area contributed by atoms with E-state index in [-0.39, 0.29) is 19.4 Å². The Bertz CT molecular complexity index is 188. The van der Waals surface area contributed by atoms with Gasteiger partial charge in [0.2, 0.25) is 0 Å². The molecular formula is C9H16O5. The van der Waals surface area contributed by atoms with Gasteiger partial charge in [-0.2, -0.15) is 0 Å². The van der Waals surface area contributed by atoms with Gasteiger partial charge in [0, 0.05) is 6.42 Å². The van der Waals surface area contributed by atoms with E-state index in [0.29, 0.717) is 12.8 Å². The number of rotatable bonds is 7. The monoisotopic (exact) mass is 204 g/mol. The first-order valence-electron chi connectivity index (χ1n) is 4.58. The Morgan fingerprint density at radius 1 is 1.36 bits per heavy atom. The molecule has 0 fully saturated rings. The number of carboxylic acid groups (broad SMARTS) is 1. The third kappa shape index (κ3) is 8.99. The molecular weight excluding hydrogens is 188 g/mol. The summed E-state index contributed by atoms with van der Waals surface area (Å²) in [6.45, 7) is 1.73. The van der Waals surface area contributed by atoms with Gasteiger partial charge >= 0.3 is 11.9 Å². The third-order valence-electron chi connectivity index (χ3n) is 1.51. The van der Waals surface area contributed by atoms with Gasteiger partial charge in [-0.3, -0.25) is 9.59 Å². The first kappa shape index (κ1) is 12.9. The molecule has 0 rings (SSSR count). The zero-order valence-electron chi connectivity index (χ0n) is 8.23. The van der Waals surface area contributed by atoms with Crippen LogP contribution in [0.3, 0.4) is 0 Å². The predicted molar refractivity (Wildman–Crippen MR) is 48.7 cm³/mol. The highest BCUT2D eigenvalue weighted by molar-refractivity contribution is 5.69. The van der Waals surface area contributed by atoms with Gasteiger partial charge in [-0.1, -0.05) is 0 Å². The number of aliphatic carboxylic acids is 1. The minimum atomic E-state index is -0.847. The Morgan fingerprint density at radius 3 is 2.50 bits per heavy atom. The van der Waals surface area contributed by atoms with Gasteiger partial charge in [0.25, 0.3) is 0 Å². The number of aliphatic hydroxyl groups is 1. The highest BCUT2D eigenvalue weighted by Gasteiger charge is 2.06. The molecule has 82 valence electrons. The zero-order chi connectivity index (χ0) is 11.0. The molecule has 14 heavy (non-hydrogen) atoms. The molecule has 1 unspecified atom stereocenters. The van der Waals surface area contributed by atoms with Crippen LogP contribution in [0.15, 0.2) is 0 Å². The largest absolute Gasteiger partial charge is 0.481 e. The summed E-state index contributed by atoms with van der Waals surface area (Å²) in [7, 11) is 0. The van der Waals surface area contributed by atoms with E-state index in [1.807, 2.05) is 0 Å². The van der Waals surface area contributed by atoms with Gasteiger partial charge in [0.1, 0.15) is 0 Å². The molecule has 0 radical (unpaired) electrons. The fourth-order valence-electron chi connectivity index (χ4n) is 0.864. The van der Waals surface area contributed by atoms with E-state index in [2.05, 4.69) is 0 Å². The molecule has 0 bridgehead atoms. The van der Waals surface area contributed by atoms with E-state index in [4.69, 9.17) is 14.9 Å². The lowest BCUT2D eigenvalue weighted by Crippen LogP contribution is -2.13. The average molecular weight is 204 g/mol. The maximum absolute atomic E-state index is 10.9. The number of esters is 1. The summed E-state index contributed by atoms with van der Waals surface area (Å²) in [6.07, 6.45) is 0.420. The first-order chi connectivity index (χ1) is 6.52. The Morgan fingerprint density at radius 2 is 2.00 bits per heavy atom. The molecule has 1 atom stereocenters. The Kier molecular flexibility index (Phi) is 6.74. The van der Waals surface area contributed by atoms with Crippen LogP contribution in [-0.2, 0) is 14.3 Å². The van der Waals surface area contributed by atoms with E-state index < -0.39 is 18.0 Å². The summed E-state index contributed by atoms with van der Waals surface area (Å²) < 4.78 is 4.74. The number of carbonyl (C=O) groups excluding carboxylic acids is 1. The van der Waals surface area contributed by atoms with Crippen LogP contribution in [0.2, 0.25) is 0 Å². The number of hydrogen-bond donors (Lipinski definition) is 2. The fraction of sp³-hybridized carbons (Fsp3) is 0.778. The van der Waals surface area contributed by atoms with Gasteiger partial charge in [0.05, 0.1) is 19.1 Å². The van der Waals surface area contributed by atoms with Crippen molar-refractivity contribution in [2.45, 2.75) is 38.7 Å². The maximum atomic E-state index is 10.9. The highest BCUT2D eigenvalue weighted by atomic mass is 16.5. The number of aliphatic hydroxyl groups excluding tert-OH is 1. The van der Waals surface area contributed by atoms with Crippen molar-refractivity contribution in [2.75, 3.05) is 6.61 Å². The Hall–Kier alpha value is -1.10. The molecule has 0 aliphatic heterocycles. The summed E-state index contributed by atoms with van der Waals surface area (Å²) >= 11 is 0. The number of hydrogen-bond acceptors (Lipinski definition) is 4. The molecule has 5 heteroatoms. The van der Waals surface area contributed by atoms with Crippen LogP contribution in [-0.4, -0.2) is 34.9 Å². The SMILES string of the molecule is CC(O)CC(=O)OCCCCC(=O)O. The molecule has 0 saturated heterocycles. The quantitative estimate of drug-likeness (QED) is 0.467. The third-order valence-corrected chi connectivity index (χ3v) is 1.51. The Labute approximate surface area is 82.7 Å². The second-order valence-electron chi connectivity index (χ2n) is 3.12. The van der Waals surface area contributed by atoms with Crippen LogP contribution >= 0.6 is 0 Å². The van der Waals surface area contributed by atoms with Crippen LogP contribution in [0.4, 0.5) is 0 Å². The minimum absolute atomic E-state index is 0.0149. The van der Waals surface area contributed by atoms with E-state index in [1.54, 1.807) is 0 Å². The summed E-state index contributed by atoms with van der Waals surface area (Å²) in [6, 6.07) is 0. The summed E-state index contributed by atoms with van der Waals surface area (Å²) in [4.78, 5) is 21.0. The number of carbonyl (C=O) groups is 2. The lowest BCUT2D eigenvalue weighted by molar-refractivity contribution is -0.145. The normalized spacial score (nSPS) is 12.1.